The Labute approximate surface area is 173 Å². The number of pyridine rings is 1. The van der Waals surface area contributed by atoms with Crippen LogP contribution in [0.25, 0.3) is 0 Å². The van der Waals surface area contributed by atoms with Crippen LogP contribution in [0.5, 0.6) is 5.88 Å². The highest BCUT2D eigenvalue weighted by molar-refractivity contribution is 9.10. The lowest BCUT2D eigenvalue weighted by Crippen LogP contribution is -2.19. The number of carbonyl (C=O) groups is 1. The van der Waals surface area contributed by atoms with E-state index >= 15 is 0 Å². The van der Waals surface area contributed by atoms with Crippen LogP contribution < -0.4 is 4.74 Å². The molecule has 0 saturated heterocycles. The molecule has 29 heavy (non-hydrogen) atoms. The van der Waals surface area contributed by atoms with Crippen LogP contribution >= 0.6 is 15.9 Å². The molecule has 1 aromatic carbocycles. The number of hydrogen-bond acceptors (Lipinski definition) is 4. The number of nitrogens with zero attached hydrogens (tertiary/aromatic N) is 1. The molecule has 1 aliphatic rings. The van der Waals surface area contributed by atoms with E-state index in [1.807, 2.05) is 6.92 Å². The fourth-order valence-electron chi connectivity index (χ4n) is 3.45. The molecule has 4 nitrogen and oxygen atoms in total. The van der Waals surface area contributed by atoms with Gasteiger partial charge in [0.15, 0.2) is 0 Å². The Bertz CT molecular complexity index is 933. The first-order valence-electron chi connectivity index (χ1n) is 8.95. The Hall–Kier alpha value is -2.16. The SMILES string of the molecule is CCOC(=O)[C@@H]1c2cnc(OCc3cc(Br)c(C(F)(F)F)cc3F)cc2C[C@@H]1C. The molecule has 0 amide bonds. The predicted molar refractivity (Wildman–Crippen MR) is 99.9 cm³/mol. The summed E-state index contributed by atoms with van der Waals surface area (Å²) in [6, 6.07) is 3.15. The Kier molecular flexibility index (Phi) is 6.16. The third kappa shape index (κ3) is 4.55. The Morgan fingerprint density at radius 2 is 2.03 bits per heavy atom. The minimum absolute atomic E-state index is 0.0371. The van der Waals surface area contributed by atoms with Crippen LogP contribution in [0.3, 0.4) is 0 Å². The number of aromatic nitrogens is 1. The lowest BCUT2D eigenvalue weighted by atomic mass is 9.95. The van der Waals surface area contributed by atoms with E-state index in [-0.39, 0.29) is 34.4 Å². The molecule has 1 heterocycles. The molecule has 1 aromatic heterocycles. The van der Waals surface area contributed by atoms with E-state index in [2.05, 4.69) is 20.9 Å². The van der Waals surface area contributed by atoms with Crippen LogP contribution in [0.2, 0.25) is 0 Å². The normalized spacial score (nSPS) is 18.4. The molecule has 0 bridgehead atoms. The van der Waals surface area contributed by atoms with Crippen molar-refractivity contribution in [3.05, 3.63) is 56.9 Å². The standard InChI is InChI=1S/C20H18BrF4NO3/c1-3-28-19(27)18-10(2)4-11-6-17(26-8-13(11)18)29-9-12-5-15(21)14(7-16(12)22)20(23,24)25/h5-8,10,18H,3-4,9H2,1-2H3/t10-,18-/m0/s1. The number of ether oxygens (including phenoxy) is 2. The van der Waals surface area contributed by atoms with Crippen molar-refractivity contribution in [2.24, 2.45) is 5.92 Å². The molecule has 156 valence electrons. The fraction of sp³-hybridized carbons (Fsp3) is 0.400. The number of alkyl halides is 3. The van der Waals surface area contributed by atoms with Crippen molar-refractivity contribution in [3.8, 4) is 5.88 Å². The van der Waals surface area contributed by atoms with Gasteiger partial charge in [-0.15, -0.1) is 0 Å². The van der Waals surface area contributed by atoms with Gasteiger partial charge in [-0.1, -0.05) is 22.9 Å². The number of carbonyl (C=O) groups excluding carboxylic acids is 1. The summed E-state index contributed by atoms with van der Waals surface area (Å²) in [6.07, 6.45) is -2.49. The van der Waals surface area contributed by atoms with E-state index < -0.39 is 23.5 Å². The zero-order valence-corrected chi connectivity index (χ0v) is 17.2. The molecule has 0 radical (unpaired) electrons. The summed E-state index contributed by atoms with van der Waals surface area (Å²) in [5.41, 5.74) is 0.528. The van der Waals surface area contributed by atoms with E-state index in [9.17, 15) is 22.4 Å². The van der Waals surface area contributed by atoms with Crippen LogP contribution in [0.1, 0.15) is 42.0 Å². The van der Waals surface area contributed by atoms with Crippen molar-refractivity contribution in [2.75, 3.05) is 6.61 Å². The number of halogens is 5. The largest absolute Gasteiger partial charge is 0.473 e. The molecule has 0 spiro atoms. The van der Waals surface area contributed by atoms with Crippen LogP contribution in [0.15, 0.2) is 28.9 Å². The highest BCUT2D eigenvalue weighted by Gasteiger charge is 2.37. The molecule has 3 rings (SSSR count). The summed E-state index contributed by atoms with van der Waals surface area (Å²) in [5.74, 6) is -1.46. The summed E-state index contributed by atoms with van der Waals surface area (Å²) in [6.45, 7) is 3.69. The van der Waals surface area contributed by atoms with E-state index in [4.69, 9.17) is 9.47 Å². The number of hydrogen-bond donors (Lipinski definition) is 0. The summed E-state index contributed by atoms with van der Waals surface area (Å²) in [5, 5.41) is 0. The fourth-order valence-corrected chi connectivity index (χ4v) is 4.07. The minimum atomic E-state index is -4.66. The van der Waals surface area contributed by atoms with Crippen LogP contribution in [0, 0.1) is 11.7 Å². The van der Waals surface area contributed by atoms with Crippen molar-refractivity contribution in [1.29, 1.82) is 0 Å². The molecule has 0 saturated carbocycles. The third-order valence-corrected chi connectivity index (χ3v) is 5.46. The second-order valence-electron chi connectivity index (χ2n) is 6.84. The average Bonchev–Trinajstić information content (AvgIpc) is 2.96. The van der Waals surface area contributed by atoms with E-state index in [1.165, 1.54) is 6.20 Å². The molecule has 0 fully saturated rings. The van der Waals surface area contributed by atoms with E-state index in [1.54, 1.807) is 13.0 Å². The van der Waals surface area contributed by atoms with Gasteiger partial charge >= 0.3 is 12.1 Å². The maximum atomic E-state index is 14.1. The maximum absolute atomic E-state index is 14.1. The smallest absolute Gasteiger partial charge is 0.417 e. The van der Waals surface area contributed by atoms with Gasteiger partial charge in [-0.3, -0.25) is 4.79 Å². The Morgan fingerprint density at radius 1 is 1.31 bits per heavy atom. The quantitative estimate of drug-likeness (QED) is 0.427. The van der Waals surface area contributed by atoms with Gasteiger partial charge < -0.3 is 9.47 Å². The molecule has 0 unspecified atom stereocenters. The highest BCUT2D eigenvalue weighted by atomic mass is 79.9. The van der Waals surface area contributed by atoms with Crippen LogP contribution in [-0.2, 0) is 28.7 Å². The number of benzene rings is 1. The van der Waals surface area contributed by atoms with Crippen LogP contribution in [-0.4, -0.2) is 17.6 Å². The molecule has 9 heteroatoms. The number of fused-ring (bicyclic) bond motifs is 1. The molecule has 2 atom stereocenters. The van der Waals surface area contributed by atoms with Gasteiger partial charge in [-0.25, -0.2) is 9.37 Å². The summed E-state index contributed by atoms with van der Waals surface area (Å²) in [7, 11) is 0. The first-order chi connectivity index (χ1) is 13.6. The van der Waals surface area contributed by atoms with Crippen molar-refractivity contribution in [3.63, 3.8) is 0 Å². The Balaban J connectivity index is 1.76. The number of rotatable bonds is 5. The Morgan fingerprint density at radius 3 is 2.69 bits per heavy atom. The lowest BCUT2D eigenvalue weighted by Gasteiger charge is -2.15. The zero-order valence-electron chi connectivity index (χ0n) is 15.6. The third-order valence-electron chi connectivity index (χ3n) is 4.80. The highest BCUT2D eigenvalue weighted by Crippen LogP contribution is 2.40. The summed E-state index contributed by atoms with van der Waals surface area (Å²) < 4.78 is 62.9. The van der Waals surface area contributed by atoms with Crippen molar-refractivity contribution >= 4 is 21.9 Å². The van der Waals surface area contributed by atoms with E-state index in [0.717, 1.165) is 17.2 Å². The van der Waals surface area contributed by atoms with Crippen molar-refractivity contribution in [1.82, 2.24) is 4.98 Å². The molecule has 2 aromatic rings. The van der Waals surface area contributed by atoms with Crippen LogP contribution in [0.4, 0.5) is 17.6 Å². The zero-order chi connectivity index (χ0) is 21.3. The van der Waals surface area contributed by atoms with Gasteiger partial charge in [0.05, 0.1) is 18.1 Å². The average molecular weight is 476 g/mol. The van der Waals surface area contributed by atoms with Gasteiger partial charge in [0, 0.05) is 22.3 Å². The first kappa shape index (κ1) is 21.5. The second-order valence-corrected chi connectivity index (χ2v) is 7.70. The van der Waals surface area contributed by atoms with E-state index in [0.29, 0.717) is 19.1 Å². The first-order valence-corrected chi connectivity index (χ1v) is 9.74. The second kappa shape index (κ2) is 8.30. The summed E-state index contributed by atoms with van der Waals surface area (Å²) in [4.78, 5) is 16.3. The molecule has 1 aliphatic carbocycles. The number of esters is 1. The topological polar surface area (TPSA) is 48.4 Å². The maximum Gasteiger partial charge on any atom is 0.417 e. The summed E-state index contributed by atoms with van der Waals surface area (Å²) >= 11 is 2.82. The molecule has 0 N–H and O–H groups in total. The van der Waals surface area contributed by atoms with Crippen molar-refractivity contribution in [2.45, 2.75) is 39.0 Å². The van der Waals surface area contributed by atoms with Crippen molar-refractivity contribution < 1.29 is 31.8 Å². The molecule has 0 aliphatic heterocycles. The predicted octanol–water partition coefficient (Wildman–Crippen LogP) is 5.42. The van der Waals surface area contributed by atoms with Gasteiger partial charge in [0.25, 0.3) is 0 Å². The molecular formula is C20H18BrF4NO3. The van der Waals surface area contributed by atoms with Gasteiger partial charge in [0.2, 0.25) is 5.88 Å². The lowest BCUT2D eigenvalue weighted by molar-refractivity contribution is -0.146. The molecular weight excluding hydrogens is 458 g/mol. The van der Waals surface area contributed by atoms with Gasteiger partial charge in [-0.2, -0.15) is 13.2 Å². The monoisotopic (exact) mass is 475 g/mol. The van der Waals surface area contributed by atoms with Gasteiger partial charge in [0.1, 0.15) is 12.4 Å². The minimum Gasteiger partial charge on any atom is -0.473 e. The van der Waals surface area contributed by atoms with Gasteiger partial charge in [-0.05, 0) is 42.5 Å².